The molecule has 6 nitrogen and oxygen atoms in total. The summed E-state index contributed by atoms with van der Waals surface area (Å²) in [5, 5.41) is 25.5. The molecule has 0 saturated carbocycles. The maximum absolute atomic E-state index is 12.2. The van der Waals surface area contributed by atoms with E-state index < -0.39 is 5.75 Å². The number of nitrogens with one attached hydrogen (secondary N) is 1. The molecular formula is C12H8N2O4. The van der Waals surface area contributed by atoms with Gasteiger partial charge in [-0.05, 0) is 12.1 Å². The largest absolute Gasteiger partial charge is 0.504 e. The van der Waals surface area contributed by atoms with Crippen LogP contribution in [-0.4, -0.2) is 20.4 Å². The van der Waals surface area contributed by atoms with Gasteiger partial charge in [-0.15, -0.1) is 0 Å². The molecule has 18 heavy (non-hydrogen) atoms. The molecule has 3 aromatic rings. The normalized spacial score (nSPS) is 10.9. The minimum Gasteiger partial charge on any atom is -0.504 e. The first-order chi connectivity index (χ1) is 8.68. The van der Waals surface area contributed by atoms with Crippen LogP contribution in [0.5, 0.6) is 11.5 Å². The summed E-state index contributed by atoms with van der Waals surface area (Å²) in [6.07, 6.45) is 4.30. The zero-order valence-corrected chi connectivity index (χ0v) is 9.04. The van der Waals surface area contributed by atoms with Crippen molar-refractivity contribution in [2.45, 2.75) is 0 Å². The molecule has 0 aliphatic carbocycles. The number of hydrogen-bond acceptors (Lipinski definition) is 5. The van der Waals surface area contributed by atoms with Crippen LogP contribution in [0.3, 0.4) is 0 Å². The van der Waals surface area contributed by atoms with Crippen LogP contribution in [0.1, 0.15) is 0 Å². The van der Waals surface area contributed by atoms with Crippen molar-refractivity contribution in [2.24, 2.45) is 0 Å². The molecule has 2 heterocycles. The van der Waals surface area contributed by atoms with Crippen LogP contribution in [0, 0.1) is 0 Å². The van der Waals surface area contributed by atoms with E-state index in [2.05, 4.69) is 10.2 Å². The number of fused-ring (bicyclic) bond motifs is 1. The molecule has 0 unspecified atom stereocenters. The minimum absolute atomic E-state index is 0.0350. The van der Waals surface area contributed by atoms with E-state index in [9.17, 15) is 15.0 Å². The summed E-state index contributed by atoms with van der Waals surface area (Å²) in [6.45, 7) is 0. The fourth-order valence-electron chi connectivity index (χ4n) is 1.77. The molecule has 0 aliphatic heterocycles. The lowest BCUT2D eigenvalue weighted by atomic mass is 10.1. The predicted octanol–water partition coefficient (Wildman–Crippen LogP) is 1.59. The van der Waals surface area contributed by atoms with Crippen LogP contribution in [0.4, 0.5) is 0 Å². The molecule has 0 fully saturated rings. The molecule has 0 aliphatic rings. The van der Waals surface area contributed by atoms with E-state index in [1.54, 1.807) is 6.20 Å². The Morgan fingerprint density at radius 2 is 2.11 bits per heavy atom. The van der Waals surface area contributed by atoms with Gasteiger partial charge < -0.3 is 14.6 Å². The second kappa shape index (κ2) is 3.63. The Morgan fingerprint density at radius 1 is 1.28 bits per heavy atom. The number of rotatable bonds is 1. The Balaban J connectivity index is 2.38. The van der Waals surface area contributed by atoms with Crippen molar-refractivity contribution >= 4 is 11.0 Å². The Hall–Kier alpha value is -2.76. The Morgan fingerprint density at radius 3 is 2.83 bits per heavy atom. The molecular weight excluding hydrogens is 236 g/mol. The van der Waals surface area contributed by atoms with Gasteiger partial charge in [0.25, 0.3) is 0 Å². The summed E-state index contributed by atoms with van der Waals surface area (Å²) in [6, 6.07) is 2.65. The third kappa shape index (κ3) is 1.36. The van der Waals surface area contributed by atoms with Gasteiger partial charge in [0.2, 0.25) is 11.2 Å². The lowest BCUT2D eigenvalue weighted by molar-refractivity contribution is 0.399. The van der Waals surface area contributed by atoms with E-state index in [1.165, 1.54) is 24.6 Å². The van der Waals surface area contributed by atoms with Gasteiger partial charge in [0.05, 0.1) is 17.1 Å². The van der Waals surface area contributed by atoms with Crippen molar-refractivity contribution in [3.63, 3.8) is 0 Å². The van der Waals surface area contributed by atoms with Crippen molar-refractivity contribution in [3.8, 4) is 22.6 Å². The molecule has 6 heteroatoms. The molecule has 3 rings (SSSR count). The fourth-order valence-corrected chi connectivity index (χ4v) is 1.77. The Labute approximate surface area is 100 Å². The van der Waals surface area contributed by atoms with Gasteiger partial charge in [-0.3, -0.25) is 9.89 Å². The fraction of sp³-hybridized carbons (Fsp3) is 0. The number of benzene rings is 1. The van der Waals surface area contributed by atoms with E-state index in [0.29, 0.717) is 11.1 Å². The minimum atomic E-state index is -0.441. The average Bonchev–Trinajstić information content (AvgIpc) is 2.88. The van der Waals surface area contributed by atoms with Crippen molar-refractivity contribution in [2.75, 3.05) is 0 Å². The maximum Gasteiger partial charge on any atom is 0.201 e. The van der Waals surface area contributed by atoms with E-state index in [1.807, 2.05) is 0 Å². The van der Waals surface area contributed by atoms with E-state index in [0.717, 1.165) is 0 Å². The quantitative estimate of drug-likeness (QED) is 0.564. The highest BCUT2D eigenvalue weighted by atomic mass is 16.4. The molecule has 0 atom stereocenters. The number of aromatic amines is 1. The molecule has 90 valence electrons. The summed E-state index contributed by atoms with van der Waals surface area (Å²) in [4.78, 5) is 12.2. The highest BCUT2D eigenvalue weighted by Gasteiger charge is 2.14. The molecule has 1 aromatic carbocycles. The Bertz CT molecular complexity index is 775. The van der Waals surface area contributed by atoms with E-state index in [-0.39, 0.29) is 22.1 Å². The topological polar surface area (TPSA) is 99.4 Å². The lowest BCUT2D eigenvalue weighted by Gasteiger charge is -2.03. The first-order valence-electron chi connectivity index (χ1n) is 5.14. The van der Waals surface area contributed by atoms with Gasteiger partial charge >= 0.3 is 0 Å². The standard InChI is InChI=1S/C12H8N2O4/c15-9-2-1-7-10(16)8(6-3-13-14-4-6)5-18-12(7)11(9)17/h1-5,15,17H,(H,13,14). The summed E-state index contributed by atoms with van der Waals surface area (Å²) in [5.74, 6) is -0.773. The van der Waals surface area contributed by atoms with Crippen molar-refractivity contribution in [1.29, 1.82) is 0 Å². The molecule has 3 N–H and O–H groups in total. The van der Waals surface area contributed by atoms with Gasteiger partial charge in [-0.25, -0.2) is 0 Å². The van der Waals surface area contributed by atoms with E-state index in [4.69, 9.17) is 4.42 Å². The maximum atomic E-state index is 12.2. The number of nitrogens with zero attached hydrogens (tertiary/aromatic N) is 1. The second-order valence-electron chi connectivity index (χ2n) is 3.78. The highest BCUT2D eigenvalue weighted by Crippen LogP contribution is 2.32. The van der Waals surface area contributed by atoms with Gasteiger partial charge in [-0.2, -0.15) is 5.10 Å². The lowest BCUT2D eigenvalue weighted by Crippen LogP contribution is -2.04. The average molecular weight is 244 g/mol. The predicted molar refractivity (Wildman–Crippen MR) is 63.4 cm³/mol. The molecule has 0 spiro atoms. The van der Waals surface area contributed by atoms with Gasteiger partial charge in [-0.1, -0.05) is 0 Å². The summed E-state index contributed by atoms with van der Waals surface area (Å²) in [7, 11) is 0. The van der Waals surface area contributed by atoms with Crippen LogP contribution >= 0.6 is 0 Å². The van der Waals surface area contributed by atoms with Crippen molar-refractivity contribution < 1.29 is 14.6 Å². The smallest absolute Gasteiger partial charge is 0.201 e. The molecule has 2 aromatic heterocycles. The van der Waals surface area contributed by atoms with Crippen LogP contribution < -0.4 is 5.43 Å². The SMILES string of the molecule is O=c1c(-c2cn[nH]c2)coc2c(O)c(O)ccc12. The molecule has 0 amide bonds. The molecule has 0 radical (unpaired) electrons. The first kappa shape index (κ1) is 10.4. The van der Waals surface area contributed by atoms with Crippen LogP contribution in [0.15, 0.2) is 40.0 Å². The van der Waals surface area contributed by atoms with Crippen molar-refractivity contribution in [3.05, 3.63) is 41.0 Å². The monoisotopic (exact) mass is 244 g/mol. The third-order valence-corrected chi connectivity index (χ3v) is 2.70. The third-order valence-electron chi connectivity index (χ3n) is 2.70. The van der Waals surface area contributed by atoms with Crippen molar-refractivity contribution in [1.82, 2.24) is 10.2 Å². The zero-order valence-electron chi connectivity index (χ0n) is 9.04. The second-order valence-corrected chi connectivity index (χ2v) is 3.78. The van der Waals surface area contributed by atoms with E-state index >= 15 is 0 Å². The first-order valence-corrected chi connectivity index (χ1v) is 5.14. The number of hydrogen-bond donors (Lipinski definition) is 3. The van der Waals surface area contributed by atoms with Gasteiger partial charge in [0.15, 0.2) is 11.3 Å². The van der Waals surface area contributed by atoms with Gasteiger partial charge in [0.1, 0.15) is 6.26 Å². The number of aromatic hydroxyl groups is 2. The van der Waals surface area contributed by atoms with Crippen LogP contribution in [0.2, 0.25) is 0 Å². The molecule has 0 bridgehead atoms. The highest BCUT2D eigenvalue weighted by molar-refractivity contribution is 5.87. The number of aromatic nitrogens is 2. The summed E-state index contributed by atoms with van der Waals surface area (Å²) in [5.41, 5.74) is 0.597. The molecule has 0 saturated heterocycles. The zero-order chi connectivity index (χ0) is 12.7. The van der Waals surface area contributed by atoms with Gasteiger partial charge in [0, 0.05) is 11.8 Å². The number of H-pyrrole nitrogens is 1. The Kier molecular flexibility index (Phi) is 2.09. The number of phenols is 2. The number of phenolic OH excluding ortho intramolecular Hbond substituents is 2. The van der Waals surface area contributed by atoms with Crippen LogP contribution in [0.25, 0.3) is 22.1 Å². The summed E-state index contributed by atoms with van der Waals surface area (Å²) < 4.78 is 5.21. The summed E-state index contributed by atoms with van der Waals surface area (Å²) >= 11 is 0. The van der Waals surface area contributed by atoms with Crippen LogP contribution in [-0.2, 0) is 0 Å².